The number of hydrogen-bond donors (Lipinski definition) is 1. The molecule has 74 valence electrons. The molecule has 0 aliphatic rings. The smallest absolute Gasteiger partial charge is 0.105 e. The summed E-state index contributed by atoms with van der Waals surface area (Å²) < 4.78 is 6.34. The van der Waals surface area contributed by atoms with E-state index in [9.17, 15) is 0 Å². The van der Waals surface area contributed by atoms with E-state index in [0.717, 1.165) is 16.7 Å². The van der Waals surface area contributed by atoms with Crippen molar-refractivity contribution in [1.29, 1.82) is 0 Å². The fraction of sp³-hybridized carbons (Fsp3) is 0.200. The fourth-order valence-electron chi connectivity index (χ4n) is 1.27. The molecule has 0 bridgehead atoms. The van der Waals surface area contributed by atoms with Crippen LogP contribution in [0.4, 0.5) is 0 Å². The molecule has 0 saturated heterocycles. The van der Waals surface area contributed by atoms with Gasteiger partial charge in [-0.2, -0.15) is 0 Å². The van der Waals surface area contributed by atoms with Gasteiger partial charge in [0.2, 0.25) is 0 Å². The molecule has 4 heteroatoms. The Morgan fingerprint density at radius 3 is 3.00 bits per heavy atom. The lowest BCUT2D eigenvalue weighted by atomic mass is 10.1. The van der Waals surface area contributed by atoms with Gasteiger partial charge in [0, 0.05) is 27.2 Å². The lowest BCUT2D eigenvalue weighted by Crippen LogP contribution is -2.11. The SMILES string of the molecule is NC(Cc1ccco1)c1cc(Br)cs1. The second-order valence-corrected chi connectivity index (χ2v) is 4.92. The molecular formula is C10H10BrNOS. The van der Waals surface area contributed by atoms with Crippen LogP contribution in [0.15, 0.2) is 38.7 Å². The van der Waals surface area contributed by atoms with Crippen molar-refractivity contribution < 1.29 is 4.42 Å². The van der Waals surface area contributed by atoms with E-state index in [1.165, 1.54) is 4.88 Å². The molecule has 0 aliphatic heterocycles. The average Bonchev–Trinajstić information content (AvgIpc) is 2.75. The Kier molecular flexibility index (Phi) is 3.05. The number of halogens is 1. The normalized spacial score (nSPS) is 13.0. The minimum Gasteiger partial charge on any atom is -0.469 e. The van der Waals surface area contributed by atoms with Crippen LogP contribution in [0.3, 0.4) is 0 Å². The summed E-state index contributed by atoms with van der Waals surface area (Å²) in [6, 6.07) is 5.91. The van der Waals surface area contributed by atoms with Gasteiger partial charge in [0.15, 0.2) is 0 Å². The van der Waals surface area contributed by atoms with Gasteiger partial charge in [-0.3, -0.25) is 0 Å². The molecule has 0 radical (unpaired) electrons. The monoisotopic (exact) mass is 271 g/mol. The van der Waals surface area contributed by atoms with Crippen molar-refractivity contribution in [2.45, 2.75) is 12.5 Å². The van der Waals surface area contributed by atoms with Crippen molar-refractivity contribution in [1.82, 2.24) is 0 Å². The summed E-state index contributed by atoms with van der Waals surface area (Å²) in [5.74, 6) is 0.932. The Balaban J connectivity index is 2.06. The molecule has 2 heterocycles. The second kappa shape index (κ2) is 4.29. The van der Waals surface area contributed by atoms with Crippen molar-refractivity contribution >= 4 is 27.3 Å². The second-order valence-electron chi connectivity index (χ2n) is 3.06. The largest absolute Gasteiger partial charge is 0.469 e. The van der Waals surface area contributed by atoms with Crippen molar-refractivity contribution in [2.24, 2.45) is 5.73 Å². The van der Waals surface area contributed by atoms with E-state index >= 15 is 0 Å². The molecule has 0 fully saturated rings. The van der Waals surface area contributed by atoms with E-state index in [-0.39, 0.29) is 6.04 Å². The summed E-state index contributed by atoms with van der Waals surface area (Å²) in [5.41, 5.74) is 6.03. The summed E-state index contributed by atoms with van der Waals surface area (Å²) in [6.45, 7) is 0. The van der Waals surface area contributed by atoms with Crippen LogP contribution in [0.2, 0.25) is 0 Å². The molecule has 0 spiro atoms. The first-order valence-corrected chi connectivity index (χ1v) is 5.95. The molecule has 2 aromatic heterocycles. The minimum absolute atomic E-state index is 0.0254. The van der Waals surface area contributed by atoms with E-state index in [1.807, 2.05) is 17.5 Å². The molecule has 2 N–H and O–H groups in total. The Labute approximate surface area is 94.9 Å². The van der Waals surface area contributed by atoms with E-state index in [0.29, 0.717) is 0 Å². The predicted molar refractivity (Wildman–Crippen MR) is 61.4 cm³/mol. The van der Waals surface area contributed by atoms with Crippen LogP contribution >= 0.6 is 27.3 Å². The van der Waals surface area contributed by atoms with Crippen LogP contribution in [0.5, 0.6) is 0 Å². The first kappa shape index (κ1) is 9.96. The number of rotatable bonds is 3. The standard InChI is InChI=1S/C10H10BrNOS/c11-7-4-10(14-6-7)9(12)5-8-2-1-3-13-8/h1-4,6,9H,5,12H2. The number of furan rings is 1. The minimum atomic E-state index is 0.0254. The first-order valence-electron chi connectivity index (χ1n) is 4.27. The lowest BCUT2D eigenvalue weighted by molar-refractivity contribution is 0.490. The van der Waals surface area contributed by atoms with Gasteiger partial charge < -0.3 is 10.2 Å². The highest BCUT2D eigenvalue weighted by atomic mass is 79.9. The van der Waals surface area contributed by atoms with Gasteiger partial charge in [-0.15, -0.1) is 11.3 Å². The maximum absolute atomic E-state index is 6.03. The Morgan fingerprint density at radius 2 is 2.43 bits per heavy atom. The zero-order chi connectivity index (χ0) is 9.97. The van der Waals surface area contributed by atoms with Gasteiger partial charge in [0.05, 0.1) is 6.26 Å². The highest BCUT2D eigenvalue weighted by molar-refractivity contribution is 9.10. The molecule has 0 saturated carbocycles. The molecular weight excluding hydrogens is 262 g/mol. The number of nitrogens with two attached hydrogens (primary N) is 1. The van der Waals surface area contributed by atoms with Crippen LogP contribution in [0.25, 0.3) is 0 Å². The van der Waals surface area contributed by atoms with E-state index in [4.69, 9.17) is 10.2 Å². The summed E-state index contributed by atoms with van der Waals surface area (Å²) in [6.07, 6.45) is 2.42. The van der Waals surface area contributed by atoms with Crippen LogP contribution in [0.1, 0.15) is 16.7 Å². The molecule has 14 heavy (non-hydrogen) atoms. The van der Waals surface area contributed by atoms with Gasteiger partial charge in [0.1, 0.15) is 5.76 Å². The van der Waals surface area contributed by atoms with Gasteiger partial charge in [0.25, 0.3) is 0 Å². The summed E-state index contributed by atoms with van der Waals surface area (Å²) >= 11 is 5.08. The molecule has 1 atom stereocenters. The fourth-order valence-corrected chi connectivity index (χ4v) is 2.72. The number of hydrogen-bond acceptors (Lipinski definition) is 3. The average molecular weight is 272 g/mol. The maximum Gasteiger partial charge on any atom is 0.105 e. The molecule has 2 rings (SSSR count). The van der Waals surface area contributed by atoms with Gasteiger partial charge >= 0.3 is 0 Å². The van der Waals surface area contributed by atoms with Crippen LogP contribution in [-0.2, 0) is 6.42 Å². The molecule has 1 unspecified atom stereocenters. The molecule has 0 aromatic carbocycles. The first-order chi connectivity index (χ1) is 6.75. The van der Waals surface area contributed by atoms with Gasteiger partial charge in [-0.25, -0.2) is 0 Å². The highest BCUT2D eigenvalue weighted by Crippen LogP contribution is 2.26. The van der Waals surface area contributed by atoms with E-state index in [2.05, 4.69) is 22.0 Å². The Bertz CT molecular complexity index is 396. The van der Waals surface area contributed by atoms with Crippen LogP contribution in [0, 0.1) is 0 Å². The predicted octanol–water partition coefficient (Wildman–Crippen LogP) is 3.35. The Morgan fingerprint density at radius 1 is 1.57 bits per heavy atom. The highest BCUT2D eigenvalue weighted by Gasteiger charge is 2.10. The third kappa shape index (κ3) is 2.26. The quantitative estimate of drug-likeness (QED) is 0.930. The number of thiophene rings is 1. The summed E-state index contributed by atoms with van der Waals surface area (Å²) in [4.78, 5) is 1.17. The van der Waals surface area contributed by atoms with Crippen LogP contribution < -0.4 is 5.73 Å². The maximum atomic E-state index is 6.03. The molecule has 0 amide bonds. The van der Waals surface area contributed by atoms with Crippen molar-refractivity contribution in [3.8, 4) is 0 Å². The van der Waals surface area contributed by atoms with Crippen molar-refractivity contribution in [3.05, 3.63) is 45.0 Å². The molecule has 2 aromatic rings. The summed E-state index contributed by atoms with van der Waals surface area (Å²) in [7, 11) is 0. The summed E-state index contributed by atoms with van der Waals surface area (Å²) in [5, 5.41) is 2.04. The van der Waals surface area contributed by atoms with E-state index in [1.54, 1.807) is 17.6 Å². The molecule has 0 aliphatic carbocycles. The van der Waals surface area contributed by atoms with Crippen molar-refractivity contribution in [3.63, 3.8) is 0 Å². The third-order valence-electron chi connectivity index (χ3n) is 1.95. The third-order valence-corrected chi connectivity index (χ3v) is 3.78. The zero-order valence-corrected chi connectivity index (χ0v) is 9.85. The molecule has 2 nitrogen and oxygen atoms in total. The zero-order valence-electron chi connectivity index (χ0n) is 7.44. The van der Waals surface area contributed by atoms with Crippen LogP contribution in [-0.4, -0.2) is 0 Å². The van der Waals surface area contributed by atoms with Gasteiger partial charge in [-0.1, -0.05) is 0 Å². The lowest BCUT2D eigenvalue weighted by Gasteiger charge is -2.06. The Hall–Kier alpha value is -0.580. The van der Waals surface area contributed by atoms with Gasteiger partial charge in [-0.05, 0) is 34.1 Å². The van der Waals surface area contributed by atoms with Crippen molar-refractivity contribution in [2.75, 3.05) is 0 Å². The van der Waals surface area contributed by atoms with E-state index < -0.39 is 0 Å². The topological polar surface area (TPSA) is 39.2 Å².